The van der Waals surface area contributed by atoms with E-state index in [0.717, 1.165) is 0 Å². The van der Waals surface area contributed by atoms with E-state index in [2.05, 4.69) is 16.0 Å². The van der Waals surface area contributed by atoms with Crippen LogP contribution in [0, 0.1) is 11.8 Å². The fraction of sp³-hybridized carbons (Fsp3) is 0.727. The smallest absolute Gasteiger partial charge is 0.353 e. The maximum Gasteiger partial charge on any atom is 0.353 e. The minimum Gasteiger partial charge on any atom is -0.477 e. The molecule has 3 aliphatic rings. The lowest BCUT2D eigenvalue weighted by Gasteiger charge is -2.47. The Morgan fingerprint density at radius 1 is 1.34 bits per heavy atom. The van der Waals surface area contributed by atoms with Crippen molar-refractivity contribution in [3.05, 3.63) is 10.6 Å². The topological polar surface area (TPSA) is 177 Å². The van der Waals surface area contributed by atoms with Gasteiger partial charge in [-0.05, 0) is 20.4 Å². The largest absolute Gasteiger partial charge is 0.477 e. The molecule has 0 spiro atoms. The number of aliphatic carboxylic acids is 1. The van der Waals surface area contributed by atoms with Crippen LogP contribution >= 0.6 is 11.8 Å². The quantitative estimate of drug-likeness (QED) is 0.156. The first-order valence-corrected chi connectivity index (χ1v) is 12.8. The number of rotatable bonds is 12. The van der Waals surface area contributed by atoms with Gasteiger partial charge in [0.25, 0.3) is 0 Å². The van der Waals surface area contributed by atoms with Crippen LogP contribution < -0.4 is 21.7 Å². The van der Waals surface area contributed by atoms with Crippen molar-refractivity contribution in [3.63, 3.8) is 0 Å². The fourth-order valence-electron chi connectivity index (χ4n) is 5.24. The lowest BCUT2D eigenvalue weighted by atomic mass is 9.78. The van der Waals surface area contributed by atoms with E-state index >= 15 is 0 Å². The number of nitrogens with one attached hydrogen (secondary N) is 3. The molecule has 35 heavy (non-hydrogen) atoms. The average Bonchev–Trinajstić information content (AvgIpc) is 3.35. The highest BCUT2D eigenvalue weighted by atomic mass is 32.2. The number of amides is 3. The van der Waals surface area contributed by atoms with Gasteiger partial charge >= 0.3 is 5.97 Å². The van der Waals surface area contributed by atoms with Gasteiger partial charge in [-0.3, -0.25) is 14.4 Å². The average molecular weight is 513 g/mol. The van der Waals surface area contributed by atoms with Gasteiger partial charge in [0, 0.05) is 48.3 Å². The highest BCUT2D eigenvalue weighted by molar-refractivity contribution is 8.03. The van der Waals surface area contributed by atoms with Crippen LogP contribution in [0.5, 0.6) is 0 Å². The molecule has 0 aromatic heterocycles. The summed E-state index contributed by atoms with van der Waals surface area (Å²) in [6.45, 7) is 5.02. The molecule has 6 atom stereocenters. The van der Waals surface area contributed by atoms with E-state index in [1.54, 1.807) is 14.0 Å². The number of carboxylic acid groups (broad SMARTS) is 1. The summed E-state index contributed by atoms with van der Waals surface area (Å²) in [7, 11) is 1.66. The summed E-state index contributed by atoms with van der Waals surface area (Å²) in [5.41, 5.74) is 5.59. The summed E-state index contributed by atoms with van der Waals surface area (Å²) in [5, 5.41) is 27.9. The van der Waals surface area contributed by atoms with Gasteiger partial charge < -0.3 is 41.7 Å². The first kappa shape index (κ1) is 27.4. The normalized spacial score (nSPS) is 28.5. The molecule has 3 heterocycles. The molecule has 196 valence electrons. The second-order valence-corrected chi connectivity index (χ2v) is 10.5. The van der Waals surface area contributed by atoms with Gasteiger partial charge in [-0.25, -0.2) is 4.79 Å². The van der Waals surface area contributed by atoms with Crippen LogP contribution in [0.15, 0.2) is 10.6 Å². The van der Waals surface area contributed by atoms with E-state index in [1.807, 2.05) is 6.92 Å². The Kier molecular flexibility index (Phi) is 9.16. The van der Waals surface area contributed by atoms with Gasteiger partial charge in [0.05, 0.1) is 31.2 Å². The Balaban J connectivity index is 1.70. The van der Waals surface area contributed by atoms with Crippen molar-refractivity contribution < 1.29 is 29.4 Å². The third-order valence-electron chi connectivity index (χ3n) is 6.82. The van der Waals surface area contributed by atoms with Crippen molar-refractivity contribution in [1.29, 1.82) is 0 Å². The Morgan fingerprint density at radius 3 is 2.66 bits per heavy atom. The first-order chi connectivity index (χ1) is 16.7. The maximum absolute atomic E-state index is 13.0. The van der Waals surface area contributed by atoms with Gasteiger partial charge in [-0.1, -0.05) is 6.92 Å². The predicted octanol–water partition coefficient (Wildman–Crippen LogP) is -2.27. The van der Waals surface area contributed by atoms with Crippen LogP contribution in [0.25, 0.3) is 0 Å². The number of hydrogen-bond acceptors (Lipinski definition) is 9. The first-order valence-electron chi connectivity index (χ1n) is 11.9. The molecule has 3 aliphatic heterocycles. The van der Waals surface area contributed by atoms with Gasteiger partial charge in [0.1, 0.15) is 5.70 Å². The van der Waals surface area contributed by atoms with Crippen LogP contribution in [-0.2, 0) is 19.2 Å². The van der Waals surface area contributed by atoms with Gasteiger partial charge in [0.15, 0.2) is 0 Å². The molecular weight excluding hydrogens is 476 g/mol. The Morgan fingerprint density at radius 2 is 2.06 bits per heavy atom. The lowest BCUT2D eigenvalue weighted by molar-refractivity contribution is -0.158. The number of hydrogen-bond donors (Lipinski definition) is 6. The van der Waals surface area contributed by atoms with Crippen LogP contribution in [0.3, 0.4) is 0 Å². The summed E-state index contributed by atoms with van der Waals surface area (Å²) in [6, 6.07) is -1.20. The van der Waals surface area contributed by atoms with Crippen molar-refractivity contribution in [2.75, 3.05) is 46.4 Å². The second-order valence-electron chi connectivity index (χ2n) is 9.19. The van der Waals surface area contributed by atoms with Crippen LogP contribution in [0.2, 0.25) is 0 Å². The number of aliphatic hydroxyl groups is 1. The number of nitrogens with two attached hydrogens (primary N) is 1. The number of carboxylic acids is 1. The molecule has 0 bridgehead atoms. The zero-order valence-corrected chi connectivity index (χ0v) is 21.1. The van der Waals surface area contributed by atoms with Crippen molar-refractivity contribution >= 4 is 35.5 Å². The third-order valence-corrected chi connectivity index (χ3v) is 8.33. The van der Waals surface area contributed by atoms with Gasteiger partial charge in [0.2, 0.25) is 17.7 Å². The molecule has 13 heteroatoms. The number of nitrogens with zero attached hydrogens (tertiary/aromatic N) is 2. The zero-order chi connectivity index (χ0) is 25.9. The minimum atomic E-state index is -1.16. The molecule has 3 rings (SSSR count). The zero-order valence-electron chi connectivity index (χ0n) is 20.3. The molecule has 2 fully saturated rings. The molecule has 0 aromatic rings. The summed E-state index contributed by atoms with van der Waals surface area (Å²) in [5.74, 6) is -2.53. The van der Waals surface area contributed by atoms with E-state index < -0.39 is 24.0 Å². The van der Waals surface area contributed by atoms with E-state index in [-0.39, 0.29) is 60.3 Å². The molecule has 0 aromatic carbocycles. The van der Waals surface area contributed by atoms with Crippen molar-refractivity contribution in [2.24, 2.45) is 17.6 Å². The SMILES string of the molecule is CNCC(=O)N[C@H](C)[C@H]1C(=O)N2C(C(=O)O)=C(S[C@@H]3CN[C@H](C(=O)N(CCN)CCO)C3)[C@H](C)[C@H]12. The summed E-state index contributed by atoms with van der Waals surface area (Å²) in [6.07, 6.45) is 0.498. The highest BCUT2D eigenvalue weighted by Gasteiger charge is 2.60. The summed E-state index contributed by atoms with van der Waals surface area (Å²) in [4.78, 5) is 53.5. The number of carbonyl (C=O) groups excluding carboxylic acids is 3. The molecule has 0 aliphatic carbocycles. The van der Waals surface area contributed by atoms with Crippen LogP contribution in [-0.4, -0.2) is 113 Å². The monoisotopic (exact) mass is 512 g/mol. The molecule has 0 radical (unpaired) electrons. The van der Waals surface area contributed by atoms with Crippen molar-refractivity contribution in [1.82, 2.24) is 25.8 Å². The molecule has 3 amide bonds. The van der Waals surface area contributed by atoms with Gasteiger partial charge in [-0.2, -0.15) is 0 Å². The van der Waals surface area contributed by atoms with E-state index in [1.165, 1.54) is 21.6 Å². The Labute approximate surface area is 209 Å². The molecule has 7 N–H and O–H groups in total. The van der Waals surface area contributed by atoms with E-state index in [9.17, 15) is 29.4 Å². The van der Waals surface area contributed by atoms with Crippen LogP contribution in [0.4, 0.5) is 0 Å². The molecule has 2 saturated heterocycles. The Bertz CT molecular complexity index is 878. The number of fused-ring (bicyclic) bond motifs is 1. The maximum atomic E-state index is 13.0. The van der Waals surface area contributed by atoms with E-state index in [4.69, 9.17) is 5.73 Å². The van der Waals surface area contributed by atoms with Crippen LogP contribution in [0.1, 0.15) is 20.3 Å². The van der Waals surface area contributed by atoms with Gasteiger partial charge in [-0.15, -0.1) is 11.8 Å². The Hall–Kier alpha value is -2.19. The summed E-state index contributed by atoms with van der Waals surface area (Å²) >= 11 is 1.40. The number of thioether (sulfide) groups is 1. The molecule has 12 nitrogen and oxygen atoms in total. The predicted molar refractivity (Wildman–Crippen MR) is 130 cm³/mol. The lowest BCUT2D eigenvalue weighted by Crippen LogP contribution is -2.66. The number of aliphatic hydroxyl groups excluding tert-OH is 1. The standard InChI is InChI=1S/C22H36N6O6S/c1-11-17-16(12(2)26-15(30)10-24-3)21(32)28(17)18(22(33)34)19(11)35-13-8-14(25-9-13)20(31)27(5-4-23)6-7-29/h11-14,16-17,24-25,29H,4-10,23H2,1-3H3,(H,26,30)(H,33,34)/t11-,12-,13+,14+,16-,17-/m1/s1. The second kappa shape index (κ2) is 11.7. The molecule has 0 saturated carbocycles. The van der Waals surface area contributed by atoms with Crippen molar-refractivity contribution in [3.8, 4) is 0 Å². The fourth-order valence-corrected chi connectivity index (χ4v) is 6.72. The number of likely N-dealkylation sites (N-methyl/N-ethyl adjacent to an activating group) is 1. The minimum absolute atomic E-state index is 0.00215. The van der Waals surface area contributed by atoms with E-state index in [0.29, 0.717) is 31.0 Å². The third kappa shape index (κ3) is 5.48. The molecular formula is C22H36N6O6S. The number of carbonyl (C=O) groups is 4. The number of β-lactam (4-membered cyclic amide) rings is 1. The summed E-state index contributed by atoms with van der Waals surface area (Å²) < 4.78 is 0. The van der Waals surface area contributed by atoms with Crippen molar-refractivity contribution in [2.45, 2.75) is 43.6 Å². The highest BCUT2D eigenvalue weighted by Crippen LogP contribution is 2.51. The molecule has 0 unspecified atom stereocenters.